The van der Waals surface area contributed by atoms with Gasteiger partial charge in [0.2, 0.25) is 6.29 Å². The molecule has 1 aromatic rings. The van der Waals surface area contributed by atoms with Crippen molar-refractivity contribution in [2.75, 3.05) is 32.2 Å². The third-order valence-electron chi connectivity index (χ3n) is 5.21. The lowest BCUT2D eigenvalue weighted by Gasteiger charge is -2.49. The van der Waals surface area contributed by atoms with Crippen LogP contribution in [0.3, 0.4) is 0 Å². The molecule has 1 saturated heterocycles. The quantitative estimate of drug-likeness (QED) is 0.0678. The molecule has 3 unspecified atom stereocenters. The lowest BCUT2D eigenvalue weighted by molar-refractivity contribution is -0.169. The molecule has 0 aromatic carbocycles. The first-order valence-electron chi connectivity index (χ1n) is 11.7. The Morgan fingerprint density at radius 1 is 1.25 bits per heavy atom. The molecule has 1 aromatic heterocycles. The van der Waals surface area contributed by atoms with Gasteiger partial charge in [-0.15, -0.1) is 23.1 Å². The van der Waals surface area contributed by atoms with Crippen LogP contribution < -0.4 is 11.1 Å². The van der Waals surface area contributed by atoms with E-state index in [0.29, 0.717) is 0 Å². The number of carbonyl (C=O) groups excluding carboxylic acids is 5. The summed E-state index contributed by atoms with van der Waals surface area (Å²) in [5.41, 5.74) is 5.17. The van der Waals surface area contributed by atoms with Crippen LogP contribution in [0.25, 0.3) is 0 Å². The molecule has 0 spiro atoms. The molecule has 1 fully saturated rings. The van der Waals surface area contributed by atoms with Crippen LogP contribution in [-0.2, 0) is 33.3 Å². The van der Waals surface area contributed by atoms with Gasteiger partial charge >= 0.3 is 18.2 Å². The summed E-state index contributed by atoms with van der Waals surface area (Å²) in [6.07, 6.45) is -3.60. The molecular weight excluding hydrogens is 572 g/mol. The number of carbonyl (C=O) groups is 5. The fourth-order valence-corrected chi connectivity index (χ4v) is 5.34. The van der Waals surface area contributed by atoms with Gasteiger partial charge in [-0.05, 0) is 13.8 Å². The number of nitrogen functional groups attached to an aromatic ring is 1. The number of amides is 3. The van der Waals surface area contributed by atoms with Crippen molar-refractivity contribution >= 4 is 64.0 Å². The van der Waals surface area contributed by atoms with Gasteiger partial charge in [-0.1, -0.05) is 5.16 Å². The number of fused-ring (bicyclic) bond motifs is 1. The summed E-state index contributed by atoms with van der Waals surface area (Å²) < 4.78 is 20.2. The molecule has 3 heterocycles. The highest BCUT2D eigenvalue weighted by molar-refractivity contribution is 8.00. The Labute approximate surface area is 236 Å². The van der Waals surface area contributed by atoms with Crippen LogP contribution in [0.2, 0.25) is 0 Å². The van der Waals surface area contributed by atoms with Gasteiger partial charge in [-0.3, -0.25) is 14.5 Å². The Kier molecular flexibility index (Phi) is 9.80. The molecule has 0 aliphatic carbocycles. The predicted octanol–water partition coefficient (Wildman–Crippen LogP) is 0.707. The Bertz CT molecular complexity index is 1250. The number of ether oxygens (including phenoxy) is 4. The first-order chi connectivity index (χ1) is 18.8. The van der Waals surface area contributed by atoms with Crippen LogP contribution in [-0.4, -0.2) is 106 Å². The molecule has 3 atom stereocenters. The summed E-state index contributed by atoms with van der Waals surface area (Å²) in [6, 6.07) is -1.10. The van der Waals surface area contributed by atoms with Crippen LogP contribution >= 0.6 is 23.1 Å². The number of oxime groups is 1. The fraction of sp³-hybridized carbons (Fsp3) is 0.500. The van der Waals surface area contributed by atoms with Crippen molar-refractivity contribution in [1.29, 1.82) is 0 Å². The summed E-state index contributed by atoms with van der Waals surface area (Å²) in [7, 11) is 2.95. The van der Waals surface area contributed by atoms with Crippen molar-refractivity contribution in [1.82, 2.24) is 20.1 Å². The van der Waals surface area contributed by atoms with Gasteiger partial charge in [-0.25, -0.2) is 19.4 Å². The van der Waals surface area contributed by atoms with E-state index >= 15 is 0 Å². The first kappa shape index (κ1) is 30.5. The lowest BCUT2D eigenvalue weighted by atomic mass is 10.0. The molecule has 0 radical (unpaired) electrons. The van der Waals surface area contributed by atoms with E-state index in [1.807, 2.05) is 0 Å². The number of rotatable bonds is 9. The van der Waals surface area contributed by atoms with Crippen molar-refractivity contribution in [3.63, 3.8) is 0 Å². The first-order valence-corrected chi connectivity index (χ1v) is 13.6. The topological polar surface area (TPSA) is 212 Å². The molecule has 40 heavy (non-hydrogen) atoms. The SMILES string of the molecule is CC(C)OC(=O)OC(C)OC(=O)C1=C(COC(=O)N(C)C)CSC2C(NC(=O)C(=NO)c3csc(N)n3)C(=O)N12. The molecular formula is C22H28N6O10S2. The van der Waals surface area contributed by atoms with E-state index in [2.05, 4.69) is 15.5 Å². The van der Waals surface area contributed by atoms with E-state index in [-0.39, 0.29) is 34.5 Å². The third kappa shape index (κ3) is 6.92. The minimum absolute atomic E-state index is 0.0153. The van der Waals surface area contributed by atoms with E-state index in [4.69, 9.17) is 24.7 Å². The second kappa shape index (κ2) is 12.9. The minimum Gasteiger partial charge on any atom is -0.445 e. The summed E-state index contributed by atoms with van der Waals surface area (Å²) in [4.78, 5) is 69.1. The van der Waals surface area contributed by atoms with Gasteiger partial charge in [0.1, 0.15) is 29.4 Å². The van der Waals surface area contributed by atoms with Crippen LogP contribution in [0.4, 0.5) is 14.7 Å². The maximum absolute atomic E-state index is 13.2. The number of hydrogen-bond acceptors (Lipinski definition) is 15. The van der Waals surface area contributed by atoms with E-state index in [1.165, 1.54) is 43.1 Å². The molecule has 18 heteroatoms. The van der Waals surface area contributed by atoms with Crippen molar-refractivity contribution in [3.05, 3.63) is 22.3 Å². The molecule has 16 nitrogen and oxygen atoms in total. The number of hydrogen-bond donors (Lipinski definition) is 3. The number of thioether (sulfide) groups is 1. The zero-order valence-corrected chi connectivity index (χ0v) is 23.7. The zero-order valence-electron chi connectivity index (χ0n) is 22.1. The minimum atomic E-state index is -1.38. The molecule has 0 saturated carbocycles. The van der Waals surface area contributed by atoms with Gasteiger partial charge in [0.15, 0.2) is 10.8 Å². The Morgan fingerprint density at radius 3 is 2.52 bits per heavy atom. The molecule has 218 valence electrons. The van der Waals surface area contributed by atoms with E-state index in [1.54, 1.807) is 13.8 Å². The third-order valence-corrected chi connectivity index (χ3v) is 7.22. The highest BCUT2D eigenvalue weighted by Gasteiger charge is 2.55. The second-order valence-corrected chi connectivity index (χ2v) is 10.8. The molecule has 3 amide bonds. The predicted molar refractivity (Wildman–Crippen MR) is 140 cm³/mol. The molecule has 0 bridgehead atoms. The normalized spacial score (nSPS) is 19.3. The Morgan fingerprint density at radius 2 is 1.95 bits per heavy atom. The molecule has 3 rings (SSSR count). The molecule has 2 aliphatic rings. The summed E-state index contributed by atoms with van der Waals surface area (Å²) in [5.74, 6) is -2.48. The Hall–Kier alpha value is -4.06. The average Bonchev–Trinajstić information content (AvgIpc) is 3.30. The number of nitrogens with one attached hydrogen (secondary N) is 1. The smallest absolute Gasteiger partial charge is 0.445 e. The van der Waals surface area contributed by atoms with Crippen LogP contribution in [0.1, 0.15) is 26.5 Å². The maximum atomic E-state index is 13.2. The van der Waals surface area contributed by atoms with E-state index < -0.39 is 59.6 Å². The number of thiazole rings is 1. The highest BCUT2D eigenvalue weighted by Crippen LogP contribution is 2.41. The average molecular weight is 601 g/mol. The largest absolute Gasteiger partial charge is 0.511 e. The van der Waals surface area contributed by atoms with Gasteiger partial charge < -0.3 is 40.1 Å². The van der Waals surface area contributed by atoms with Crippen molar-refractivity contribution in [2.24, 2.45) is 5.16 Å². The summed E-state index contributed by atoms with van der Waals surface area (Å²) >= 11 is 2.22. The maximum Gasteiger partial charge on any atom is 0.511 e. The van der Waals surface area contributed by atoms with Crippen molar-refractivity contribution in [2.45, 2.75) is 44.6 Å². The van der Waals surface area contributed by atoms with Crippen molar-refractivity contribution in [3.8, 4) is 0 Å². The number of aromatic nitrogens is 1. The van der Waals surface area contributed by atoms with Gasteiger partial charge in [0.25, 0.3) is 11.8 Å². The van der Waals surface area contributed by atoms with Gasteiger partial charge in [0, 0.05) is 37.7 Å². The Balaban J connectivity index is 1.79. The lowest BCUT2D eigenvalue weighted by Crippen LogP contribution is -2.71. The second-order valence-electron chi connectivity index (χ2n) is 8.79. The van der Waals surface area contributed by atoms with Gasteiger partial charge in [0.05, 0.1) is 6.10 Å². The number of anilines is 1. The fourth-order valence-electron chi connectivity index (χ4n) is 3.47. The molecule has 4 N–H and O–H groups in total. The number of nitrogens with two attached hydrogens (primary N) is 1. The number of esters is 1. The monoisotopic (exact) mass is 600 g/mol. The zero-order chi connectivity index (χ0) is 29.7. The van der Waals surface area contributed by atoms with E-state index in [9.17, 15) is 29.2 Å². The van der Waals surface area contributed by atoms with Crippen molar-refractivity contribution < 1.29 is 48.1 Å². The summed E-state index contributed by atoms with van der Waals surface area (Å²) in [6.45, 7) is 4.16. The summed E-state index contributed by atoms with van der Waals surface area (Å²) in [5, 5.41) is 15.6. The van der Waals surface area contributed by atoms with Gasteiger partial charge in [-0.2, -0.15) is 0 Å². The standard InChI is InChI=1S/C22H28N6O10S2/c1-9(2)36-22(33)38-10(3)37-19(31)15-11(6-35-21(32)27(4)5)7-39-18-14(17(30)28(15)18)25-16(29)13(26-34)12-8-40-20(23)24-12/h8-10,14,18,34H,6-7H2,1-5H3,(H2,23,24)(H,25,29). The van der Waals surface area contributed by atoms with E-state index in [0.717, 1.165) is 16.2 Å². The van der Waals surface area contributed by atoms with Crippen LogP contribution in [0.5, 0.6) is 0 Å². The van der Waals surface area contributed by atoms with Crippen LogP contribution in [0.15, 0.2) is 21.8 Å². The van der Waals surface area contributed by atoms with Crippen LogP contribution in [0, 0.1) is 0 Å². The number of nitrogens with zero attached hydrogens (tertiary/aromatic N) is 4. The highest BCUT2D eigenvalue weighted by atomic mass is 32.2. The molecule has 2 aliphatic heterocycles. The number of β-lactam (4-membered cyclic amide) rings is 1.